The highest BCUT2D eigenvalue weighted by Crippen LogP contribution is 2.33. The Morgan fingerprint density at radius 3 is 1.82 bits per heavy atom. The molecule has 5 aromatic rings. The van der Waals surface area contributed by atoms with Gasteiger partial charge < -0.3 is 4.42 Å². The molecule has 0 radical (unpaired) electrons. The number of pyridine rings is 1. The van der Waals surface area contributed by atoms with E-state index in [4.69, 9.17) is 4.42 Å². The monoisotopic (exact) mass is 546 g/mol. The Hall–Kier alpha value is -4.28. The summed E-state index contributed by atoms with van der Waals surface area (Å²) in [6.07, 6.45) is 1.53. The maximum Gasteiger partial charge on any atom is 0.345 e. The maximum absolute atomic E-state index is 13.9. The number of nitrogens with zero attached hydrogens (tertiary/aromatic N) is 2. The SMILES string of the molecule is Cc1ccc(S(=O)(=O)N(c2ccc3oc(=O)c(-c4ccccn4)cc3c2)S(=O)(=O)c2ccc(C)cc2)cc1. The fourth-order valence-corrected chi connectivity index (χ4v) is 7.62. The van der Waals surface area contributed by atoms with E-state index < -0.39 is 25.7 Å². The minimum absolute atomic E-state index is 0.139. The molecule has 10 heteroatoms. The van der Waals surface area contributed by atoms with Gasteiger partial charge in [0.15, 0.2) is 0 Å². The van der Waals surface area contributed by atoms with Crippen LogP contribution in [0.25, 0.3) is 22.2 Å². The smallest absolute Gasteiger partial charge is 0.345 e. The quantitative estimate of drug-likeness (QED) is 0.274. The van der Waals surface area contributed by atoms with Crippen LogP contribution in [0.5, 0.6) is 0 Å². The first kappa shape index (κ1) is 25.4. The molecule has 0 bridgehead atoms. The van der Waals surface area contributed by atoms with Crippen molar-refractivity contribution in [1.82, 2.24) is 4.98 Å². The summed E-state index contributed by atoms with van der Waals surface area (Å²) >= 11 is 0. The average molecular weight is 547 g/mol. The van der Waals surface area contributed by atoms with Crippen molar-refractivity contribution in [2.75, 3.05) is 3.71 Å². The summed E-state index contributed by atoms with van der Waals surface area (Å²) in [6, 6.07) is 22.4. The van der Waals surface area contributed by atoms with E-state index in [-0.39, 0.29) is 26.6 Å². The van der Waals surface area contributed by atoms with Crippen LogP contribution >= 0.6 is 0 Å². The molecule has 0 aliphatic heterocycles. The number of rotatable bonds is 6. The maximum atomic E-state index is 13.9. The molecule has 0 aliphatic carbocycles. The zero-order valence-corrected chi connectivity index (χ0v) is 22.0. The van der Waals surface area contributed by atoms with Gasteiger partial charge in [-0.1, -0.05) is 41.5 Å². The molecule has 0 fully saturated rings. The van der Waals surface area contributed by atoms with E-state index in [0.717, 1.165) is 11.1 Å². The van der Waals surface area contributed by atoms with E-state index in [1.165, 1.54) is 54.7 Å². The summed E-state index contributed by atoms with van der Waals surface area (Å²) in [5, 5.41) is 0.325. The fraction of sp³-hybridized carbons (Fsp3) is 0.0714. The summed E-state index contributed by atoms with van der Waals surface area (Å²) < 4.78 is 61.3. The van der Waals surface area contributed by atoms with Crippen LogP contribution in [0.1, 0.15) is 11.1 Å². The zero-order valence-electron chi connectivity index (χ0n) is 20.4. The average Bonchev–Trinajstić information content (AvgIpc) is 2.89. The number of benzene rings is 3. The second-order valence-corrected chi connectivity index (χ2v) is 12.5. The lowest BCUT2D eigenvalue weighted by Gasteiger charge is -2.24. The number of fused-ring (bicyclic) bond motifs is 1. The van der Waals surface area contributed by atoms with E-state index in [0.29, 0.717) is 14.8 Å². The molecule has 0 spiro atoms. The van der Waals surface area contributed by atoms with Crippen LogP contribution < -0.4 is 9.34 Å². The minimum Gasteiger partial charge on any atom is -0.422 e. The van der Waals surface area contributed by atoms with Gasteiger partial charge in [0.1, 0.15) is 5.58 Å². The Balaban J connectivity index is 1.75. The Morgan fingerprint density at radius 1 is 0.711 bits per heavy atom. The normalized spacial score (nSPS) is 11.9. The van der Waals surface area contributed by atoms with Gasteiger partial charge in [0.05, 0.1) is 26.7 Å². The molecule has 8 nitrogen and oxygen atoms in total. The third-order valence-electron chi connectivity index (χ3n) is 5.94. The molecule has 3 aromatic carbocycles. The van der Waals surface area contributed by atoms with Crippen molar-refractivity contribution in [1.29, 1.82) is 0 Å². The summed E-state index contributed by atoms with van der Waals surface area (Å²) in [6.45, 7) is 3.60. The van der Waals surface area contributed by atoms with E-state index >= 15 is 0 Å². The molecule has 0 aliphatic rings. The first-order chi connectivity index (χ1) is 18.1. The Labute approximate surface area is 219 Å². The van der Waals surface area contributed by atoms with Gasteiger partial charge in [-0.15, -0.1) is 0 Å². The molecule has 192 valence electrons. The van der Waals surface area contributed by atoms with Gasteiger partial charge in [-0.2, -0.15) is 3.71 Å². The summed E-state index contributed by atoms with van der Waals surface area (Å²) in [4.78, 5) is 16.4. The highest BCUT2D eigenvalue weighted by Gasteiger charge is 2.37. The lowest BCUT2D eigenvalue weighted by molar-refractivity contribution is 0.563. The van der Waals surface area contributed by atoms with Crippen molar-refractivity contribution in [3.63, 3.8) is 0 Å². The van der Waals surface area contributed by atoms with Crippen molar-refractivity contribution >= 4 is 36.7 Å². The van der Waals surface area contributed by atoms with Crippen LogP contribution in [-0.4, -0.2) is 21.8 Å². The van der Waals surface area contributed by atoms with Crippen LogP contribution in [0.2, 0.25) is 0 Å². The Kier molecular flexibility index (Phi) is 6.38. The number of aromatic nitrogens is 1. The molecule has 38 heavy (non-hydrogen) atoms. The molecule has 2 aromatic heterocycles. The molecule has 0 saturated carbocycles. The van der Waals surface area contributed by atoms with Crippen LogP contribution in [0.4, 0.5) is 5.69 Å². The molecule has 0 amide bonds. The first-order valence-corrected chi connectivity index (χ1v) is 14.4. The zero-order chi connectivity index (χ0) is 27.1. The van der Waals surface area contributed by atoms with E-state index in [2.05, 4.69) is 4.98 Å². The number of hydrogen-bond acceptors (Lipinski definition) is 7. The van der Waals surface area contributed by atoms with Gasteiger partial charge in [-0.25, -0.2) is 21.6 Å². The lowest BCUT2D eigenvalue weighted by atomic mass is 10.1. The highest BCUT2D eigenvalue weighted by atomic mass is 32.3. The summed E-state index contributed by atoms with van der Waals surface area (Å²) in [5.41, 5.74) is 1.56. The van der Waals surface area contributed by atoms with Crippen molar-refractivity contribution in [3.8, 4) is 11.3 Å². The third-order valence-corrected chi connectivity index (χ3v) is 10.1. The van der Waals surface area contributed by atoms with Crippen LogP contribution in [0.3, 0.4) is 0 Å². The van der Waals surface area contributed by atoms with Crippen molar-refractivity contribution in [2.45, 2.75) is 23.6 Å². The molecular weight excluding hydrogens is 524 g/mol. The molecule has 2 heterocycles. The largest absolute Gasteiger partial charge is 0.422 e. The van der Waals surface area contributed by atoms with Gasteiger partial charge >= 0.3 is 5.63 Å². The fourth-order valence-electron chi connectivity index (χ4n) is 3.94. The van der Waals surface area contributed by atoms with Crippen LogP contribution in [0.15, 0.2) is 116 Å². The third kappa shape index (κ3) is 4.59. The summed E-state index contributed by atoms with van der Waals surface area (Å²) in [5.74, 6) is 0. The van der Waals surface area contributed by atoms with Gasteiger partial charge in [0.25, 0.3) is 20.0 Å². The standard InChI is InChI=1S/C28H22N2O6S2/c1-19-6-11-23(12-7-19)37(32,33)30(38(34,35)24-13-8-20(2)9-14-24)22-10-15-27-21(17-22)18-25(28(31)36-27)26-5-3-4-16-29-26/h3-18H,1-2H3. The van der Waals surface area contributed by atoms with E-state index in [9.17, 15) is 21.6 Å². The number of anilines is 1. The van der Waals surface area contributed by atoms with E-state index in [1.807, 2.05) is 0 Å². The summed E-state index contributed by atoms with van der Waals surface area (Å²) in [7, 11) is -9.17. The second-order valence-electron chi connectivity index (χ2n) is 8.72. The van der Waals surface area contributed by atoms with Crippen LogP contribution in [0, 0.1) is 13.8 Å². The molecule has 0 atom stereocenters. The van der Waals surface area contributed by atoms with Crippen molar-refractivity contribution in [2.24, 2.45) is 0 Å². The molecular formula is C28H22N2O6S2. The van der Waals surface area contributed by atoms with Gasteiger partial charge in [0, 0.05) is 11.6 Å². The molecule has 0 N–H and O–H groups in total. The first-order valence-electron chi connectivity index (χ1n) is 11.5. The van der Waals surface area contributed by atoms with Crippen molar-refractivity contribution < 1.29 is 21.3 Å². The van der Waals surface area contributed by atoms with Crippen molar-refractivity contribution in [3.05, 3.63) is 119 Å². The van der Waals surface area contributed by atoms with Gasteiger partial charge in [-0.3, -0.25) is 4.98 Å². The second kappa shape index (κ2) is 9.55. The molecule has 0 saturated heterocycles. The molecule has 5 rings (SSSR count). The predicted molar refractivity (Wildman–Crippen MR) is 145 cm³/mol. The topological polar surface area (TPSA) is 115 Å². The number of hydrogen-bond donors (Lipinski definition) is 0. The number of sulfonamides is 2. The van der Waals surface area contributed by atoms with E-state index in [1.54, 1.807) is 56.3 Å². The Morgan fingerprint density at radius 2 is 1.29 bits per heavy atom. The lowest BCUT2D eigenvalue weighted by Crippen LogP contribution is -2.37. The van der Waals surface area contributed by atoms with Crippen LogP contribution in [-0.2, 0) is 20.0 Å². The highest BCUT2D eigenvalue weighted by molar-refractivity contribution is 8.10. The van der Waals surface area contributed by atoms with Gasteiger partial charge in [-0.05, 0) is 74.5 Å². The molecule has 0 unspecified atom stereocenters. The van der Waals surface area contributed by atoms with Gasteiger partial charge in [0.2, 0.25) is 0 Å². The Bertz CT molecular complexity index is 1840. The number of aryl methyl sites for hydroxylation is 2. The predicted octanol–water partition coefficient (Wildman–Crippen LogP) is 5.06. The minimum atomic E-state index is -4.59.